The molecular formula is C17H35NO. The molecular weight excluding hydrogens is 234 g/mol. The molecule has 0 saturated carbocycles. The molecule has 114 valence electrons. The molecule has 0 radical (unpaired) electrons. The summed E-state index contributed by atoms with van der Waals surface area (Å²) in [5.41, 5.74) is -0.0136. The molecule has 1 unspecified atom stereocenters. The summed E-state index contributed by atoms with van der Waals surface area (Å²) in [6, 6.07) is 0.577. The molecule has 0 aromatic rings. The fourth-order valence-corrected chi connectivity index (χ4v) is 2.53. The summed E-state index contributed by atoms with van der Waals surface area (Å²) in [7, 11) is 0. The molecule has 1 saturated heterocycles. The van der Waals surface area contributed by atoms with Gasteiger partial charge in [0.1, 0.15) is 5.78 Å². The van der Waals surface area contributed by atoms with Crippen LogP contribution in [0.3, 0.4) is 0 Å². The van der Waals surface area contributed by atoms with E-state index in [0.29, 0.717) is 11.8 Å². The molecule has 0 amide bonds. The third kappa shape index (κ3) is 6.07. The Labute approximate surface area is 120 Å². The predicted molar refractivity (Wildman–Crippen MR) is 84.5 cm³/mol. The number of nitrogens with zero attached hydrogens (tertiary/aromatic N) is 1. The van der Waals surface area contributed by atoms with Gasteiger partial charge in [0.2, 0.25) is 0 Å². The molecule has 0 bridgehead atoms. The van der Waals surface area contributed by atoms with Gasteiger partial charge in [0.05, 0.1) is 0 Å². The van der Waals surface area contributed by atoms with Crippen LogP contribution in [-0.2, 0) is 4.79 Å². The van der Waals surface area contributed by atoms with Gasteiger partial charge in [0.25, 0.3) is 0 Å². The average Bonchev–Trinajstić information content (AvgIpc) is 2.82. The Morgan fingerprint density at radius 2 is 1.74 bits per heavy atom. The van der Waals surface area contributed by atoms with E-state index >= 15 is 0 Å². The van der Waals surface area contributed by atoms with Crippen LogP contribution in [0.4, 0.5) is 0 Å². The molecule has 1 aliphatic rings. The van der Waals surface area contributed by atoms with Crippen molar-refractivity contribution < 1.29 is 4.79 Å². The Kier molecular flexibility index (Phi) is 9.34. The topological polar surface area (TPSA) is 20.3 Å². The first kappa shape index (κ1) is 18.6. The zero-order chi connectivity index (χ0) is 14.9. The lowest BCUT2D eigenvalue weighted by Crippen LogP contribution is -2.35. The van der Waals surface area contributed by atoms with Gasteiger partial charge in [-0.15, -0.1) is 0 Å². The molecule has 0 spiro atoms. The monoisotopic (exact) mass is 269 g/mol. The Bertz CT molecular complexity index is 248. The zero-order valence-electron chi connectivity index (χ0n) is 14.1. The first-order valence-electron chi connectivity index (χ1n) is 8.18. The number of unbranched alkanes of at least 4 members (excludes halogenated alkanes) is 2. The molecule has 1 rings (SSSR count). The van der Waals surface area contributed by atoms with E-state index in [-0.39, 0.29) is 5.41 Å². The molecule has 2 nitrogen and oxygen atoms in total. The number of Topliss-reactive ketones (excluding diaryl/α,β-unsaturated/α-hetero) is 1. The highest BCUT2D eigenvalue weighted by Gasteiger charge is 2.41. The molecule has 0 aliphatic carbocycles. The minimum Gasteiger partial charge on any atom is -0.300 e. The molecule has 1 fully saturated rings. The summed E-state index contributed by atoms with van der Waals surface area (Å²) in [6.07, 6.45) is 7.17. The largest absolute Gasteiger partial charge is 0.300 e. The number of ketones is 1. The van der Waals surface area contributed by atoms with E-state index in [0.717, 1.165) is 25.9 Å². The SMILES string of the molecule is CCCC.CCCCC1(C(C)=O)CCN(C(C)C)C1. The summed E-state index contributed by atoms with van der Waals surface area (Å²) in [5, 5.41) is 0. The van der Waals surface area contributed by atoms with Crippen LogP contribution in [-0.4, -0.2) is 29.8 Å². The highest BCUT2D eigenvalue weighted by Crippen LogP contribution is 2.37. The van der Waals surface area contributed by atoms with Gasteiger partial charge in [0, 0.05) is 18.0 Å². The van der Waals surface area contributed by atoms with Gasteiger partial charge >= 0.3 is 0 Å². The van der Waals surface area contributed by atoms with Crippen LogP contribution in [0.5, 0.6) is 0 Å². The van der Waals surface area contributed by atoms with Crippen LogP contribution >= 0.6 is 0 Å². The second-order valence-electron chi connectivity index (χ2n) is 6.25. The van der Waals surface area contributed by atoms with Crippen LogP contribution in [0, 0.1) is 5.41 Å². The normalized spacial score (nSPS) is 23.3. The van der Waals surface area contributed by atoms with Gasteiger partial charge in [0.15, 0.2) is 0 Å². The summed E-state index contributed by atoms with van der Waals surface area (Å²) >= 11 is 0. The average molecular weight is 269 g/mol. The van der Waals surface area contributed by atoms with E-state index < -0.39 is 0 Å². The van der Waals surface area contributed by atoms with Crippen molar-refractivity contribution in [2.75, 3.05) is 13.1 Å². The van der Waals surface area contributed by atoms with Gasteiger partial charge in [-0.1, -0.05) is 46.5 Å². The highest BCUT2D eigenvalue weighted by molar-refractivity contribution is 5.83. The number of carbonyl (C=O) groups excluding carboxylic acids is 1. The van der Waals surface area contributed by atoms with Crippen LogP contribution in [0.2, 0.25) is 0 Å². The number of hydrogen-bond acceptors (Lipinski definition) is 2. The van der Waals surface area contributed by atoms with E-state index in [4.69, 9.17) is 0 Å². The fraction of sp³-hybridized carbons (Fsp3) is 0.941. The summed E-state index contributed by atoms with van der Waals surface area (Å²) in [5.74, 6) is 0.402. The van der Waals surface area contributed by atoms with Crippen molar-refractivity contribution in [1.82, 2.24) is 4.90 Å². The predicted octanol–water partition coefficient (Wildman–Crippen LogP) is 4.67. The van der Waals surface area contributed by atoms with Crippen LogP contribution in [0.15, 0.2) is 0 Å². The number of carbonyl (C=O) groups is 1. The smallest absolute Gasteiger partial charge is 0.137 e. The van der Waals surface area contributed by atoms with Crippen LogP contribution in [0.25, 0.3) is 0 Å². The Hall–Kier alpha value is -0.370. The third-order valence-electron chi connectivity index (χ3n) is 4.37. The van der Waals surface area contributed by atoms with Gasteiger partial charge in [-0.3, -0.25) is 9.69 Å². The van der Waals surface area contributed by atoms with Crippen LogP contribution < -0.4 is 0 Å². The first-order chi connectivity index (χ1) is 8.93. The standard InChI is InChI=1S/C13H25NO.C4H10/c1-5-6-7-13(12(4)15)8-9-14(10-13)11(2)3;1-3-4-2/h11H,5-10H2,1-4H3;3-4H2,1-2H3. The van der Waals surface area contributed by atoms with E-state index in [1.165, 1.54) is 25.7 Å². The van der Waals surface area contributed by atoms with E-state index in [2.05, 4.69) is 39.5 Å². The molecule has 0 aromatic carbocycles. The van der Waals surface area contributed by atoms with Gasteiger partial charge in [-0.05, 0) is 40.2 Å². The second kappa shape index (κ2) is 9.52. The van der Waals surface area contributed by atoms with Crippen molar-refractivity contribution in [2.45, 2.75) is 86.1 Å². The van der Waals surface area contributed by atoms with Crippen molar-refractivity contribution in [1.29, 1.82) is 0 Å². The summed E-state index contributed by atoms with van der Waals surface area (Å²) in [6.45, 7) is 14.9. The Morgan fingerprint density at radius 3 is 2.05 bits per heavy atom. The number of hydrogen-bond donors (Lipinski definition) is 0. The van der Waals surface area contributed by atoms with Gasteiger partial charge in [-0.25, -0.2) is 0 Å². The van der Waals surface area contributed by atoms with Gasteiger partial charge in [-0.2, -0.15) is 0 Å². The maximum Gasteiger partial charge on any atom is 0.137 e. The Balaban J connectivity index is 0.000000711. The fourth-order valence-electron chi connectivity index (χ4n) is 2.53. The summed E-state index contributed by atoms with van der Waals surface area (Å²) < 4.78 is 0. The van der Waals surface area contributed by atoms with E-state index in [1.807, 2.05) is 0 Å². The molecule has 2 heteroatoms. The minimum atomic E-state index is -0.0136. The zero-order valence-corrected chi connectivity index (χ0v) is 14.1. The van der Waals surface area contributed by atoms with Crippen molar-refractivity contribution in [3.63, 3.8) is 0 Å². The molecule has 1 aliphatic heterocycles. The lowest BCUT2D eigenvalue weighted by Gasteiger charge is -2.28. The van der Waals surface area contributed by atoms with Crippen molar-refractivity contribution in [3.05, 3.63) is 0 Å². The van der Waals surface area contributed by atoms with E-state index in [1.54, 1.807) is 6.92 Å². The Morgan fingerprint density at radius 1 is 1.16 bits per heavy atom. The lowest BCUT2D eigenvalue weighted by molar-refractivity contribution is -0.126. The quantitative estimate of drug-likeness (QED) is 0.698. The highest BCUT2D eigenvalue weighted by atomic mass is 16.1. The minimum absolute atomic E-state index is 0.0136. The van der Waals surface area contributed by atoms with Crippen molar-refractivity contribution in [2.24, 2.45) is 5.41 Å². The van der Waals surface area contributed by atoms with Crippen LogP contribution in [0.1, 0.15) is 80.1 Å². The lowest BCUT2D eigenvalue weighted by atomic mass is 9.78. The van der Waals surface area contributed by atoms with E-state index in [9.17, 15) is 4.79 Å². The third-order valence-corrected chi connectivity index (χ3v) is 4.37. The molecule has 1 atom stereocenters. The van der Waals surface area contributed by atoms with Crippen molar-refractivity contribution in [3.8, 4) is 0 Å². The van der Waals surface area contributed by atoms with Gasteiger partial charge < -0.3 is 0 Å². The molecule has 0 N–H and O–H groups in total. The second-order valence-corrected chi connectivity index (χ2v) is 6.25. The molecule has 1 heterocycles. The summed E-state index contributed by atoms with van der Waals surface area (Å²) in [4.78, 5) is 14.3. The molecule has 0 aromatic heterocycles. The number of rotatable bonds is 6. The first-order valence-corrected chi connectivity index (χ1v) is 8.18. The maximum absolute atomic E-state index is 11.8. The van der Waals surface area contributed by atoms with Crippen molar-refractivity contribution >= 4 is 5.78 Å². The molecule has 19 heavy (non-hydrogen) atoms. The maximum atomic E-state index is 11.8. The number of likely N-dealkylation sites (tertiary alicyclic amines) is 1.